The molecule has 0 aliphatic heterocycles. The van der Waals surface area contributed by atoms with Gasteiger partial charge in [-0.1, -0.05) is 13.8 Å². The molecule has 1 aliphatic rings. The predicted octanol–water partition coefficient (Wildman–Crippen LogP) is 2.13. The number of unbranched alkanes of at least 4 members (excludes halogenated alkanes) is 1. The average molecular weight is 298 g/mol. The van der Waals surface area contributed by atoms with Gasteiger partial charge < -0.3 is 4.74 Å². The minimum absolute atomic E-state index is 0.0185. The molecule has 1 fully saturated rings. The van der Waals surface area contributed by atoms with Crippen molar-refractivity contribution in [3.05, 3.63) is 0 Å². The van der Waals surface area contributed by atoms with E-state index in [1.165, 1.54) is 0 Å². The van der Waals surface area contributed by atoms with Gasteiger partial charge in [0.2, 0.25) is 10.0 Å². The van der Waals surface area contributed by atoms with E-state index in [0.29, 0.717) is 18.9 Å². The lowest BCUT2D eigenvalue weighted by atomic mass is 9.65. The number of rotatable bonds is 8. The minimum atomic E-state index is -3.19. The van der Waals surface area contributed by atoms with Gasteiger partial charge in [0.05, 0.1) is 11.9 Å². The van der Waals surface area contributed by atoms with Gasteiger partial charge in [0.25, 0.3) is 0 Å². The Bertz CT molecular complexity index is 356. The number of alkyl halides is 1. The average Bonchev–Trinajstić information content (AvgIpc) is 2.28. The van der Waals surface area contributed by atoms with E-state index in [1.54, 1.807) is 0 Å². The zero-order valence-corrected chi connectivity index (χ0v) is 13.0. The van der Waals surface area contributed by atoms with Crippen LogP contribution in [0.1, 0.15) is 40.0 Å². The van der Waals surface area contributed by atoms with E-state index >= 15 is 0 Å². The van der Waals surface area contributed by atoms with Crippen molar-refractivity contribution in [3.63, 3.8) is 0 Å². The monoisotopic (exact) mass is 297 g/mol. The standard InChI is InChI=1S/C12H24ClNO3S/c1-4-17-11-9-10(12(11,2)3)14-18(15,16)8-6-5-7-13/h10-11,14H,4-9H2,1-3H3. The molecule has 4 nitrogen and oxygen atoms in total. The molecule has 0 aromatic rings. The number of halogens is 1. The third-order valence-electron chi connectivity index (χ3n) is 3.66. The minimum Gasteiger partial charge on any atom is -0.378 e. The second-order valence-electron chi connectivity index (χ2n) is 5.39. The highest BCUT2D eigenvalue weighted by atomic mass is 35.5. The van der Waals surface area contributed by atoms with Crippen LogP contribution < -0.4 is 4.72 Å². The van der Waals surface area contributed by atoms with Crippen LogP contribution in [0.15, 0.2) is 0 Å². The molecule has 0 heterocycles. The molecule has 0 amide bonds. The van der Waals surface area contributed by atoms with Crippen LogP contribution in [0.3, 0.4) is 0 Å². The maximum Gasteiger partial charge on any atom is 0.211 e. The number of hydrogen-bond acceptors (Lipinski definition) is 3. The zero-order chi connectivity index (χ0) is 13.8. The molecule has 0 aromatic heterocycles. The largest absolute Gasteiger partial charge is 0.378 e. The Morgan fingerprint density at radius 1 is 1.39 bits per heavy atom. The summed E-state index contributed by atoms with van der Waals surface area (Å²) in [5, 5.41) is 0. The number of nitrogens with one attached hydrogen (secondary N) is 1. The quantitative estimate of drug-likeness (QED) is 0.551. The topological polar surface area (TPSA) is 55.4 Å². The van der Waals surface area contributed by atoms with Crippen LogP contribution in [0, 0.1) is 5.41 Å². The second-order valence-corrected chi connectivity index (χ2v) is 7.64. The molecule has 108 valence electrons. The molecule has 1 aliphatic carbocycles. The predicted molar refractivity (Wildman–Crippen MR) is 74.5 cm³/mol. The van der Waals surface area contributed by atoms with E-state index in [-0.39, 0.29) is 23.3 Å². The van der Waals surface area contributed by atoms with Crippen molar-refractivity contribution in [2.45, 2.75) is 52.2 Å². The van der Waals surface area contributed by atoms with Crippen LogP contribution in [-0.4, -0.2) is 38.8 Å². The van der Waals surface area contributed by atoms with Crippen LogP contribution in [-0.2, 0) is 14.8 Å². The fourth-order valence-electron chi connectivity index (χ4n) is 2.23. The van der Waals surface area contributed by atoms with E-state index in [1.807, 2.05) is 20.8 Å². The van der Waals surface area contributed by atoms with Gasteiger partial charge in [-0.15, -0.1) is 11.6 Å². The fraction of sp³-hybridized carbons (Fsp3) is 1.00. The van der Waals surface area contributed by atoms with Gasteiger partial charge in [-0.05, 0) is 26.2 Å². The normalized spacial score (nSPS) is 26.9. The van der Waals surface area contributed by atoms with Gasteiger partial charge in [-0.3, -0.25) is 0 Å². The summed E-state index contributed by atoms with van der Waals surface area (Å²) >= 11 is 5.54. The Morgan fingerprint density at radius 2 is 2.06 bits per heavy atom. The Kier molecular flexibility index (Phi) is 5.90. The first kappa shape index (κ1) is 16.2. The van der Waals surface area contributed by atoms with Gasteiger partial charge >= 0.3 is 0 Å². The highest BCUT2D eigenvalue weighted by molar-refractivity contribution is 7.89. The zero-order valence-electron chi connectivity index (χ0n) is 11.4. The summed E-state index contributed by atoms with van der Waals surface area (Å²) < 4.78 is 32.1. The molecule has 6 heteroatoms. The van der Waals surface area contributed by atoms with Crippen molar-refractivity contribution in [2.75, 3.05) is 18.2 Å². The Morgan fingerprint density at radius 3 is 2.56 bits per heavy atom. The summed E-state index contributed by atoms with van der Waals surface area (Å²) in [5.74, 6) is 0.669. The van der Waals surface area contributed by atoms with E-state index in [4.69, 9.17) is 16.3 Å². The second kappa shape index (κ2) is 6.55. The van der Waals surface area contributed by atoms with E-state index in [9.17, 15) is 8.42 Å². The summed E-state index contributed by atoms with van der Waals surface area (Å²) in [6.07, 6.45) is 2.26. The fourth-order valence-corrected chi connectivity index (χ4v) is 3.96. The van der Waals surface area contributed by atoms with Crippen LogP contribution in [0.5, 0.6) is 0 Å². The van der Waals surface area contributed by atoms with Gasteiger partial charge in [0.1, 0.15) is 0 Å². The van der Waals surface area contributed by atoms with Crippen molar-refractivity contribution in [1.82, 2.24) is 4.72 Å². The number of sulfonamides is 1. The van der Waals surface area contributed by atoms with Crippen LogP contribution in [0.25, 0.3) is 0 Å². The van der Waals surface area contributed by atoms with Gasteiger partial charge in [0.15, 0.2) is 0 Å². The highest BCUT2D eigenvalue weighted by Crippen LogP contribution is 2.43. The van der Waals surface area contributed by atoms with Crippen molar-refractivity contribution in [3.8, 4) is 0 Å². The maximum atomic E-state index is 11.9. The molecule has 0 saturated heterocycles. The molecule has 0 aromatic carbocycles. The van der Waals surface area contributed by atoms with Crippen molar-refractivity contribution < 1.29 is 13.2 Å². The smallest absolute Gasteiger partial charge is 0.211 e. The van der Waals surface area contributed by atoms with Gasteiger partial charge in [-0.2, -0.15) is 0 Å². The summed E-state index contributed by atoms with van der Waals surface area (Å²) in [6, 6.07) is -0.0185. The molecule has 1 rings (SSSR count). The van der Waals surface area contributed by atoms with Gasteiger partial charge in [0, 0.05) is 23.9 Å². The van der Waals surface area contributed by atoms with Crippen LogP contribution in [0.4, 0.5) is 0 Å². The van der Waals surface area contributed by atoms with Crippen LogP contribution in [0.2, 0.25) is 0 Å². The van der Waals surface area contributed by atoms with Gasteiger partial charge in [-0.25, -0.2) is 13.1 Å². The molecule has 18 heavy (non-hydrogen) atoms. The molecule has 1 saturated carbocycles. The number of ether oxygens (including phenoxy) is 1. The SMILES string of the molecule is CCOC1CC(NS(=O)(=O)CCCCCl)C1(C)C. The third kappa shape index (κ3) is 4.08. The molecule has 2 atom stereocenters. The van der Waals surface area contributed by atoms with E-state index in [0.717, 1.165) is 12.8 Å². The van der Waals surface area contributed by atoms with E-state index in [2.05, 4.69) is 4.72 Å². The summed E-state index contributed by atoms with van der Waals surface area (Å²) in [6.45, 7) is 6.72. The van der Waals surface area contributed by atoms with Crippen molar-refractivity contribution in [2.24, 2.45) is 5.41 Å². The molecule has 0 spiro atoms. The van der Waals surface area contributed by atoms with E-state index < -0.39 is 10.0 Å². The maximum absolute atomic E-state index is 11.9. The summed E-state index contributed by atoms with van der Waals surface area (Å²) in [5.41, 5.74) is -0.129. The third-order valence-corrected chi connectivity index (χ3v) is 5.40. The lowest BCUT2D eigenvalue weighted by Gasteiger charge is -2.51. The highest BCUT2D eigenvalue weighted by Gasteiger charge is 2.50. The molecule has 1 N–H and O–H groups in total. The Hall–Kier alpha value is 0.160. The first-order chi connectivity index (χ1) is 8.33. The molecular formula is C12H24ClNO3S. The van der Waals surface area contributed by atoms with Crippen LogP contribution >= 0.6 is 11.6 Å². The first-order valence-electron chi connectivity index (χ1n) is 6.51. The summed E-state index contributed by atoms with van der Waals surface area (Å²) in [4.78, 5) is 0. The summed E-state index contributed by atoms with van der Waals surface area (Å²) in [7, 11) is -3.19. The van der Waals surface area contributed by atoms with Crippen molar-refractivity contribution in [1.29, 1.82) is 0 Å². The molecule has 0 radical (unpaired) electrons. The Balaban J connectivity index is 2.44. The lowest BCUT2D eigenvalue weighted by Crippen LogP contribution is -2.62. The molecule has 2 unspecified atom stereocenters. The lowest BCUT2D eigenvalue weighted by molar-refractivity contribution is -0.108. The molecular weight excluding hydrogens is 274 g/mol. The first-order valence-corrected chi connectivity index (χ1v) is 8.69. The number of hydrogen-bond donors (Lipinski definition) is 1. The Labute approximate surface area is 115 Å². The van der Waals surface area contributed by atoms with Crippen molar-refractivity contribution >= 4 is 21.6 Å². The molecule has 0 bridgehead atoms.